The summed E-state index contributed by atoms with van der Waals surface area (Å²) in [5.74, 6) is -1.02. The van der Waals surface area contributed by atoms with Gasteiger partial charge in [0.05, 0.1) is 22.3 Å². The normalized spacial score (nSPS) is 10.3. The Kier molecular flexibility index (Phi) is 4.85. The summed E-state index contributed by atoms with van der Waals surface area (Å²) in [5.41, 5.74) is 1.10. The summed E-state index contributed by atoms with van der Waals surface area (Å²) in [6.45, 7) is 1.76. The Morgan fingerprint density at radius 1 is 1.08 bits per heavy atom. The van der Waals surface area contributed by atoms with Crippen molar-refractivity contribution >= 4 is 34.7 Å². The largest absolute Gasteiger partial charge is 0.320 e. The first-order chi connectivity index (χ1) is 12.0. The van der Waals surface area contributed by atoms with Crippen LogP contribution in [0.5, 0.6) is 0 Å². The van der Waals surface area contributed by atoms with Crippen molar-refractivity contribution in [2.24, 2.45) is 0 Å². The predicted octanol–water partition coefficient (Wildman–Crippen LogP) is 4.10. The Morgan fingerprint density at radius 3 is 2.56 bits per heavy atom. The Morgan fingerprint density at radius 2 is 1.88 bits per heavy atom. The molecule has 3 aromatic rings. The summed E-state index contributed by atoms with van der Waals surface area (Å²) in [5, 5.41) is 7.13. The number of thiophene rings is 1. The topological polar surface area (TPSA) is 71.1 Å². The molecule has 2 aromatic heterocycles. The maximum Gasteiger partial charge on any atom is 0.266 e. The van der Waals surface area contributed by atoms with Crippen molar-refractivity contribution < 1.29 is 14.0 Å². The van der Waals surface area contributed by atoms with E-state index in [1.807, 2.05) is 5.38 Å². The average molecular weight is 355 g/mol. The number of benzene rings is 1. The number of halogens is 1. The van der Waals surface area contributed by atoms with E-state index in [0.29, 0.717) is 21.9 Å². The molecule has 2 heterocycles. The highest BCUT2D eigenvalue weighted by molar-refractivity contribution is 7.12. The highest BCUT2D eigenvalue weighted by Gasteiger charge is 2.13. The van der Waals surface area contributed by atoms with Crippen molar-refractivity contribution in [3.05, 3.63) is 75.9 Å². The quantitative estimate of drug-likeness (QED) is 0.740. The molecule has 0 aliphatic carbocycles. The summed E-state index contributed by atoms with van der Waals surface area (Å²) in [6, 6.07) is 10.9. The summed E-state index contributed by atoms with van der Waals surface area (Å²) >= 11 is 1.33. The van der Waals surface area contributed by atoms with Gasteiger partial charge in [0.25, 0.3) is 11.8 Å². The molecule has 0 saturated carbocycles. The fraction of sp³-hybridized carbons (Fsp3) is 0.0556. The van der Waals surface area contributed by atoms with Crippen LogP contribution in [-0.4, -0.2) is 16.8 Å². The summed E-state index contributed by atoms with van der Waals surface area (Å²) in [7, 11) is 0. The second-order valence-electron chi connectivity index (χ2n) is 5.25. The van der Waals surface area contributed by atoms with Gasteiger partial charge in [-0.1, -0.05) is 18.2 Å². The van der Waals surface area contributed by atoms with Crippen LogP contribution in [0.3, 0.4) is 0 Å². The first-order valence-electron chi connectivity index (χ1n) is 7.42. The Bertz CT molecular complexity index is 926. The smallest absolute Gasteiger partial charge is 0.266 e. The molecule has 0 saturated heterocycles. The highest BCUT2D eigenvalue weighted by Crippen LogP contribution is 2.19. The maximum absolute atomic E-state index is 13.7. The molecular formula is C18H14FN3O2S. The van der Waals surface area contributed by atoms with Gasteiger partial charge in [-0.3, -0.25) is 9.59 Å². The Labute approximate surface area is 147 Å². The molecule has 126 valence electrons. The fourth-order valence-corrected chi connectivity index (χ4v) is 2.79. The van der Waals surface area contributed by atoms with Gasteiger partial charge in [-0.15, -0.1) is 11.3 Å². The predicted molar refractivity (Wildman–Crippen MR) is 95.6 cm³/mol. The Hall–Kier alpha value is -3.06. The molecular weight excluding hydrogens is 341 g/mol. The van der Waals surface area contributed by atoms with Gasteiger partial charge in [0, 0.05) is 0 Å². The number of nitrogens with zero attached hydrogens (tertiary/aromatic N) is 1. The lowest BCUT2D eigenvalue weighted by molar-refractivity contribution is 0.101. The van der Waals surface area contributed by atoms with Crippen LogP contribution in [0.1, 0.15) is 25.6 Å². The highest BCUT2D eigenvalue weighted by atomic mass is 32.1. The number of hydrogen-bond acceptors (Lipinski definition) is 4. The lowest BCUT2D eigenvalue weighted by Crippen LogP contribution is -2.15. The number of hydrogen-bond donors (Lipinski definition) is 2. The molecule has 0 fully saturated rings. The summed E-state index contributed by atoms with van der Waals surface area (Å²) in [4.78, 5) is 28.9. The average Bonchev–Trinajstić information content (AvgIpc) is 3.12. The van der Waals surface area contributed by atoms with Crippen LogP contribution in [0.2, 0.25) is 0 Å². The second-order valence-corrected chi connectivity index (χ2v) is 6.20. The fourth-order valence-electron chi connectivity index (χ4n) is 2.18. The molecule has 0 aliphatic heterocycles. The zero-order valence-electron chi connectivity index (χ0n) is 13.2. The minimum atomic E-state index is -0.592. The number of anilines is 2. The lowest BCUT2D eigenvalue weighted by Gasteiger charge is -2.10. The van der Waals surface area contributed by atoms with Crippen LogP contribution in [0, 0.1) is 12.7 Å². The molecule has 0 aliphatic rings. The van der Waals surface area contributed by atoms with Crippen molar-refractivity contribution in [1.29, 1.82) is 0 Å². The van der Waals surface area contributed by atoms with E-state index >= 15 is 0 Å². The summed E-state index contributed by atoms with van der Waals surface area (Å²) < 4.78 is 13.7. The van der Waals surface area contributed by atoms with Crippen LogP contribution >= 0.6 is 11.3 Å². The molecule has 25 heavy (non-hydrogen) atoms. The third kappa shape index (κ3) is 3.89. The van der Waals surface area contributed by atoms with E-state index < -0.39 is 11.7 Å². The van der Waals surface area contributed by atoms with Crippen molar-refractivity contribution in [1.82, 2.24) is 4.98 Å². The van der Waals surface area contributed by atoms with E-state index in [9.17, 15) is 14.0 Å². The van der Waals surface area contributed by atoms with E-state index in [0.717, 1.165) is 0 Å². The number of aromatic nitrogens is 1. The van der Waals surface area contributed by atoms with Gasteiger partial charge in [0.1, 0.15) is 11.6 Å². The minimum Gasteiger partial charge on any atom is -0.320 e. The van der Waals surface area contributed by atoms with Gasteiger partial charge in [-0.25, -0.2) is 9.37 Å². The van der Waals surface area contributed by atoms with Gasteiger partial charge in [0.15, 0.2) is 0 Å². The number of carbonyl (C=O) groups excluding carboxylic acids is 2. The zero-order chi connectivity index (χ0) is 17.8. The van der Waals surface area contributed by atoms with E-state index in [-0.39, 0.29) is 11.5 Å². The second kappa shape index (κ2) is 7.23. The number of nitrogens with one attached hydrogen (secondary N) is 2. The van der Waals surface area contributed by atoms with Gasteiger partial charge < -0.3 is 10.6 Å². The number of amides is 2. The number of pyridine rings is 1. The van der Waals surface area contributed by atoms with E-state index in [4.69, 9.17) is 0 Å². The molecule has 1 aromatic carbocycles. The zero-order valence-corrected chi connectivity index (χ0v) is 14.1. The molecule has 0 atom stereocenters. The monoisotopic (exact) mass is 355 g/mol. The SMILES string of the molecule is Cc1cc(NC(=O)c2cccs2)ncc1NC(=O)c1ccccc1F. The first kappa shape index (κ1) is 16.8. The molecule has 5 nitrogen and oxygen atoms in total. The van der Waals surface area contributed by atoms with E-state index in [2.05, 4.69) is 15.6 Å². The van der Waals surface area contributed by atoms with E-state index in [1.54, 1.807) is 31.2 Å². The van der Waals surface area contributed by atoms with E-state index in [1.165, 1.54) is 35.7 Å². The maximum atomic E-state index is 13.7. The number of carbonyl (C=O) groups is 2. The van der Waals surface area contributed by atoms with Gasteiger partial charge >= 0.3 is 0 Å². The van der Waals surface area contributed by atoms with Crippen molar-refractivity contribution in [3.63, 3.8) is 0 Å². The number of aryl methyl sites for hydroxylation is 1. The third-order valence-corrected chi connectivity index (χ3v) is 4.33. The van der Waals surface area contributed by atoms with Gasteiger partial charge in [-0.05, 0) is 42.1 Å². The van der Waals surface area contributed by atoms with Gasteiger partial charge in [-0.2, -0.15) is 0 Å². The molecule has 0 bridgehead atoms. The van der Waals surface area contributed by atoms with Crippen LogP contribution < -0.4 is 10.6 Å². The van der Waals surface area contributed by atoms with Crippen LogP contribution in [0.15, 0.2) is 54.0 Å². The van der Waals surface area contributed by atoms with Crippen molar-refractivity contribution in [2.45, 2.75) is 6.92 Å². The molecule has 0 unspecified atom stereocenters. The standard InChI is InChI=1S/C18H14FN3O2S/c1-11-9-16(22-18(24)15-7-4-8-25-15)20-10-14(11)21-17(23)12-5-2-3-6-13(12)19/h2-10H,1H3,(H,21,23)(H,20,22,24). The Balaban J connectivity index is 1.73. The molecule has 3 rings (SSSR count). The van der Waals surface area contributed by atoms with Crippen LogP contribution in [0.25, 0.3) is 0 Å². The molecule has 2 amide bonds. The summed E-state index contributed by atoms with van der Waals surface area (Å²) in [6.07, 6.45) is 1.43. The lowest BCUT2D eigenvalue weighted by atomic mass is 10.2. The van der Waals surface area contributed by atoms with Crippen LogP contribution in [0.4, 0.5) is 15.9 Å². The van der Waals surface area contributed by atoms with Crippen molar-refractivity contribution in [2.75, 3.05) is 10.6 Å². The molecule has 0 radical (unpaired) electrons. The third-order valence-electron chi connectivity index (χ3n) is 3.46. The van der Waals surface area contributed by atoms with Gasteiger partial charge in [0.2, 0.25) is 0 Å². The number of rotatable bonds is 4. The van der Waals surface area contributed by atoms with Crippen LogP contribution in [-0.2, 0) is 0 Å². The molecule has 0 spiro atoms. The molecule has 7 heteroatoms. The molecule has 2 N–H and O–H groups in total. The van der Waals surface area contributed by atoms with Crippen molar-refractivity contribution in [3.8, 4) is 0 Å². The first-order valence-corrected chi connectivity index (χ1v) is 8.30. The minimum absolute atomic E-state index is 0.0445.